The maximum Gasteiger partial charge on any atom is 0.303 e. The molecular weight excluding hydrogens is 444 g/mol. The van der Waals surface area contributed by atoms with Gasteiger partial charge in [0.25, 0.3) is 0 Å². The summed E-state index contributed by atoms with van der Waals surface area (Å²) in [5.41, 5.74) is -1.36. The van der Waals surface area contributed by atoms with E-state index in [2.05, 4.69) is 20.8 Å². The summed E-state index contributed by atoms with van der Waals surface area (Å²) in [6, 6.07) is 0. The van der Waals surface area contributed by atoms with Crippen LogP contribution in [0.15, 0.2) is 23.8 Å². The average molecular weight is 485 g/mol. The number of esters is 1. The zero-order valence-corrected chi connectivity index (χ0v) is 22.3. The second-order valence-electron chi connectivity index (χ2n) is 12.4. The molecule has 6 heteroatoms. The first-order valence-corrected chi connectivity index (χ1v) is 12.9. The van der Waals surface area contributed by atoms with E-state index in [1.165, 1.54) is 6.92 Å². The molecule has 35 heavy (non-hydrogen) atoms. The Labute approximate surface area is 208 Å². The molecule has 0 spiro atoms. The molecule has 192 valence electrons. The number of methoxy groups -OCH3 is 1. The minimum absolute atomic E-state index is 0.0131. The summed E-state index contributed by atoms with van der Waals surface area (Å²) in [5.74, 6) is -1.35. The van der Waals surface area contributed by atoms with Gasteiger partial charge in [-0.1, -0.05) is 47.6 Å². The standard InChI is InChI=1S/C29H40O6/c1-9-17(15-30)22-18(32)14-20-27(22,5)12-10-19-28(6)13-11-21(33)26(3,4)24(28)23(34-8)25(29(19,20)7)35-16(2)31/h11,13-15,17,19,22-25H,9-10,12H2,1-8H3/t17-,19-,22-,23-,24-,25-,27-,28+,29-/m1/s1. The number of aldehydes is 1. The minimum atomic E-state index is -0.710. The number of hydrogen-bond donors (Lipinski definition) is 0. The lowest BCUT2D eigenvalue weighted by Gasteiger charge is -2.68. The van der Waals surface area contributed by atoms with Gasteiger partial charge in [0.15, 0.2) is 11.6 Å². The first-order chi connectivity index (χ1) is 16.2. The van der Waals surface area contributed by atoms with Crippen LogP contribution in [0.3, 0.4) is 0 Å². The van der Waals surface area contributed by atoms with E-state index in [1.807, 2.05) is 26.8 Å². The number of hydrogen-bond acceptors (Lipinski definition) is 6. The molecule has 0 aromatic rings. The third kappa shape index (κ3) is 3.24. The van der Waals surface area contributed by atoms with Gasteiger partial charge in [0.05, 0.1) is 6.10 Å². The van der Waals surface area contributed by atoms with E-state index in [0.717, 1.165) is 24.7 Å². The quantitative estimate of drug-likeness (QED) is 0.422. The maximum absolute atomic E-state index is 13.5. The lowest BCUT2D eigenvalue weighted by atomic mass is 9.37. The largest absolute Gasteiger partial charge is 0.459 e. The molecular formula is C29H40O6. The molecule has 0 radical (unpaired) electrons. The van der Waals surface area contributed by atoms with Crippen LogP contribution >= 0.6 is 0 Å². The summed E-state index contributed by atoms with van der Waals surface area (Å²) in [7, 11) is 1.61. The van der Waals surface area contributed by atoms with Gasteiger partial charge in [-0.3, -0.25) is 14.4 Å². The molecule has 4 aliphatic carbocycles. The van der Waals surface area contributed by atoms with Gasteiger partial charge in [-0.05, 0) is 48.3 Å². The van der Waals surface area contributed by atoms with Crippen LogP contribution in [0.1, 0.15) is 67.7 Å². The highest BCUT2D eigenvalue weighted by atomic mass is 16.6. The topological polar surface area (TPSA) is 86.7 Å². The number of carbonyl (C=O) groups is 4. The lowest BCUT2D eigenvalue weighted by Crippen LogP contribution is -2.70. The van der Waals surface area contributed by atoms with E-state index in [0.29, 0.717) is 6.42 Å². The predicted molar refractivity (Wildman–Crippen MR) is 131 cm³/mol. The van der Waals surface area contributed by atoms with Gasteiger partial charge in [0.2, 0.25) is 0 Å². The maximum atomic E-state index is 13.5. The van der Waals surface area contributed by atoms with Crippen molar-refractivity contribution >= 4 is 23.8 Å². The van der Waals surface area contributed by atoms with Crippen molar-refractivity contribution in [2.24, 2.45) is 45.3 Å². The number of carbonyl (C=O) groups excluding carboxylic acids is 4. The van der Waals surface area contributed by atoms with Gasteiger partial charge in [0, 0.05) is 48.0 Å². The van der Waals surface area contributed by atoms with Crippen molar-refractivity contribution in [3.8, 4) is 0 Å². The zero-order valence-electron chi connectivity index (χ0n) is 22.3. The van der Waals surface area contributed by atoms with Gasteiger partial charge >= 0.3 is 5.97 Å². The van der Waals surface area contributed by atoms with Gasteiger partial charge in [-0.25, -0.2) is 0 Å². The fraction of sp³-hybridized carbons (Fsp3) is 0.724. The van der Waals surface area contributed by atoms with Crippen molar-refractivity contribution in [3.63, 3.8) is 0 Å². The van der Waals surface area contributed by atoms with Gasteiger partial charge in [-0.2, -0.15) is 0 Å². The Balaban J connectivity index is 1.97. The fourth-order valence-corrected chi connectivity index (χ4v) is 9.02. The molecule has 2 fully saturated rings. The average Bonchev–Trinajstić information content (AvgIpc) is 3.05. The van der Waals surface area contributed by atoms with E-state index in [1.54, 1.807) is 19.3 Å². The fourth-order valence-electron chi connectivity index (χ4n) is 9.02. The number of fused-ring (bicyclic) bond motifs is 5. The second-order valence-corrected chi connectivity index (χ2v) is 12.4. The van der Waals surface area contributed by atoms with Crippen molar-refractivity contribution in [2.75, 3.05) is 7.11 Å². The van der Waals surface area contributed by atoms with Crippen LogP contribution < -0.4 is 0 Å². The molecule has 0 amide bonds. The molecule has 0 N–H and O–H groups in total. The molecule has 0 saturated heterocycles. The molecule has 0 bridgehead atoms. The Bertz CT molecular complexity index is 1020. The Morgan fingerprint density at radius 3 is 2.40 bits per heavy atom. The van der Waals surface area contributed by atoms with Crippen LogP contribution in [0.5, 0.6) is 0 Å². The first-order valence-electron chi connectivity index (χ1n) is 12.9. The van der Waals surface area contributed by atoms with Crippen LogP contribution in [0.4, 0.5) is 0 Å². The molecule has 6 nitrogen and oxygen atoms in total. The molecule has 4 aliphatic rings. The highest BCUT2D eigenvalue weighted by Crippen LogP contribution is 2.72. The van der Waals surface area contributed by atoms with E-state index >= 15 is 0 Å². The van der Waals surface area contributed by atoms with E-state index in [9.17, 15) is 19.2 Å². The van der Waals surface area contributed by atoms with Crippen LogP contribution in [0.25, 0.3) is 0 Å². The predicted octanol–water partition coefficient (Wildman–Crippen LogP) is 4.51. The Morgan fingerprint density at radius 2 is 1.86 bits per heavy atom. The van der Waals surface area contributed by atoms with Crippen LogP contribution in [0.2, 0.25) is 0 Å². The van der Waals surface area contributed by atoms with Crippen LogP contribution in [-0.4, -0.2) is 43.1 Å². The van der Waals surface area contributed by atoms with Crippen molar-refractivity contribution in [1.29, 1.82) is 0 Å². The molecule has 4 rings (SSSR count). The highest BCUT2D eigenvalue weighted by Gasteiger charge is 2.72. The molecule has 0 heterocycles. The Kier molecular flexibility index (Phi) is 6.11. The summed E-state index contributed by atoms with van der Waals surface area (Å²) in [6.45, 7) is 13.7. The molecule has 9 atom stereocenters. The molecule has 0 aromatic carbocycles. The van der Waals surface area contributed by atoms with Crippen molar-refractivity contribution in [1.82, 2.24) is 0 Å². The third-order valence-electron chi connectivity index (χ3n) is 10.4. The van der Waals surface area contributed by atoms with Crippen LogP contribution in [0, 0.1) is 45.3 Å². The van der Waals surface area contributed by atoms with Gasteiger partial charge in [-0.15, -0.1) is 0 Å². The monoisotopic (exact) mass is 484 g/mol. The van der Waals surface area contributed by atoms with E-state index < -0.39 is 45.8 Å². The van der Waals surface area contributed by atoms with Crippen LogP contribution in [-0.2, 0) is 28.7 Å². The molecule has 0 unspecified atom stereocenters. The van der Waals surface area contributed by atoms with Gasteiger partial charge in [0.1, 0.15) is 12.4 Å². The first kappa shape index (κ1) is 26.0. The number of ketones is 2. The third-order valence-corrected chi connectivity index (χ3v) is 10.4. The summed E-state index contributed by atoms with van der Waals surface area (Å²) >= 11 is 0. The molecule has 0 aromatic heterocycles. The summed E-state index contributed by atoms with van der Waals surface area (Å²) in [4.78, 5) is 51.0. The van der Waals surface area contributed by atoms with E-state index in [4.69, 9.17) is 9.47 Å². The molecule has 2 saturated carbocycles. The van der Waals surface area contributed by atoms with Gasteiger partial charge < -0.3 is 14.3 Å². The highest BCUT2D eigenvalue weighted by molar-refractivity contribution is 5.99. The number of ether oxygens (including phenoxy) is 2. The lowest BCUT2D eigenvalue weighted by molar-refractivity contribution is -0.235. The Hall–Kier alpha value is -2.08. The Morgan fingerprint density at radius 1 is 1.20 bits per heavy atom. The van der Waals surface area contributed by atoms with Crippen molar-refractivity contribution in [3.05, 3.63) is 23.8 Å². The minimum Gasteiger partial charge on any atom is -0.459 e. The SMILES string of the molecule is CC[C@H](C=O)[C@@H]1C(=O)C=C2[C@]3(C)[C@H](OC(C)=O)[C@H](OC)[C@@H]4C(C)(C)C(=O)C=C[C@@]4(C)[C@H]3CC[C@]21C. The summed E-state index contributed by atoms with van der Waals surface area (Å²) in [6.07, 6.45) is 7.37. The van der Waals surface area contributed by atoms with Crippen molar-refractivity contribution in [2.45, 2.75) is 79.9 Å². The molecule has 0 aliphatic heterocycles. The van der Waals surface area contributed by atoms with E-state index in [-0.39, 0.29) is 29.3 Å². The smallest absolute Gasteiger partial charge is 0.303 e. The number of allylic oxidation sites excluding steroid dienone is 3. The summed E-state index contributed by atoms with van der Waals surface area (Å²) in [5, 5.41) is 0. The zero-order chi connectivity index (χ0) is 26.1. The van der Waals surface area contributed by atoms with Crippen molar-refractivity contribution < 1.29 is 28.7 Å². The summed E-state index contributed by atoms with van der Waals surface area (Å²) < 4.78 is 12.2. The normalized spacial score (nSPS) is 44.6. The second kappa shape index (κ2) is 8.22. The number of rotatable bonds is 5.